The fourth-order valence-electron chi connectivity index (χ4n) is 7.72. The predicted octanol–water partition coefficient (Wildman–Crippen LogP) is 3.64. The lowest BCUT2D eigenvalue weighted by Crippen LogP contribution is -2.57. The molecule has 3 fully saturated rings. The highest BCUT2D eigenvalue weighted by atomic mass is 16.6. The molecule has 0 saturated heterocycles. The number of carbonyl (C=O) groups excluding carboxylic acids is 1. The van der Waals surface area contributed by atoms with E-state index in [-0.39, 0.29) is 17.6 Å². The number of ether oxygens (including phenoxy) is 1. The van der Waals surface area contributed by atoms with Gasteiger partial charge in [-0.1, -0.05) is 32.8 Å². The molecule has 1 amide bonds. The number of carbonyl (C=O) groups is 1. The molecule has 5 heteroatoms. The number of amides is 1. The van der Waals surface area contributed by atoms with Crippen molar-refractivity contribution < 1.29 is 19.7 Å². The standard InChI is InChI=1S/C23H37NO4/c1-5-13-6-7-15-20-16(8-9-22(13,15)2)23(3)12-18(26)17(25)10-14(23)11-19(20)28-21(27)24-4/h11,13,15-20,25-26H,5-10,12H2,1-4H3,(H,24,27)/t13-,15-,16-,17?,18?,19?,20-,22+,23-/m0/s1. The highest BCUT2D eigenvalue weighted by Crippen LogP contribution is 2.66. The Morgan fingerprint density at radius 3 is 2.64 bits per heavy atom. The van der Waals surface area contributed by atoms with Gasteiger partial charge in [-0.3, -0.25) is 0 Å². The van der Waals surface area contributed by atoms with Crippen LogP contribution in [0.15, 0.2) is 11.6 Å². The van der Waals surface area contributed by atoms with Crippen LogP contribution < -0.4 is 5.32 Å². The maximum atomic E-state index is 12.2. The van der Waals surface area contributed by atoms with Gasteiger partial charge in [0.1, 0.15) is 6.10 Å². The van der Waals surface area contributed by atoms with Gasteiger partial charge in [-0.25, -0.2) is 4.79 Å². The molecule has 0 spiro atoms. The first-order valence-corrected chi connectivity index (χ1v) is 11.2. The summed E-state index contributed by atoms with van der Waals surface area (Å²) in [4.78, 5) is 12.2. The van der Waals surface area contributed by atoms with Crippen LogP contribution in [0.1, 0.15) is 65.7 Å². The molecule has 0 aromatic carbocycles. The quantitative estimate of drug-likeness (QED) is 0.628. The van der Waals surface area contributed by atoms with E-state index >= 15 is 0 Å². The first-order valence-electron chi connectivity index (χ1n) is 11.2. The third-order valence-corrected chi connectivity index (χ3v) is 9.27. The number of aliphatic hydroxyl groups is 2. The minimum absolute atomic E-state index is 0.114. The van der Waals surface area contributed by atoms with Gasteiger partial charge < -0.3 is 20.3 Å². The molecule has 3 N–H and O–H groups in total. The van der Waals surface area contributed by atoms with E-state index in [1.807, 2.05) is 0 Å². The second-order valence-corrected chi connectivity index (χ2v) is 10.3. The molecule has 3 saturated carbocycles. The van der Waals surface area contributed by atoms with Gasteiger partial charge in [-0.15, -0.1) is 0 Å². The molecule has 0 heterocycles. The molecule has 0 aliphatic heterocycles. The van der Waals surface area contributed by atoms with Crippen molar-refractivity contribution in [3.05, 3.63) is 11.6 Å². The largest absolute Gasteiger partial charge is 0.442 e. The van der Waals surface area contributed by atoms with Crippen LogP contribution in [0.2, 0.25) is 0 Å². The minimum atomic E-state index is -0.721. The zero-order valence-electron chi connectivity index (χ0n) is 17.8. The Hall–Kier alpha value is -1.07. The molecule has 158 valence electrons. The van der Waals surface area contributed by atoms with Crippen molar-refractivity contribution in [3.8, 4) is 0 Å². The Morgan fingerprint density at radius 1 is 1.21 bits per heavy atom. The van der Waals surface area contributed by atoms with Gasteiger partial charge in [0.2, 0.25) is 0 Å². The van der Waals surface area contributed by atoms with E-state index in [9.17, 15) is 15.0 Å². The fraction of sp³-hybridized carbons (Fsp3) is 0.870. The number of hydrogen-bond acceptors (Lipinski definition) is 4. The van der Waals surface area contributed by atoms with Crippen molar-refractivity contribution in [2.75, 3.05) is 7.05 Å². The van der Waals surface area contributed by atoms with Crippen molar-refractivity contribution in [2.45, 2.75) is 84.0 Å². The van der Waals surface area contributed by atoms with Gasteiger partial charge in [0.05, 0.1) is 12.2 Å². The normalized spacial score (nSPS) is 50.1. The highest BCUT2D eigenvalue weighted by molar-refractivity contribution is 5.67. The summed E-state index contributed by atoms with van der Waals surface area (Å²) >= 11 is 0. The Kier molecular flexibility index (Phi) is 5.06. The number of alkyl carbamates (subject to hydrolysis) is 1. The zero-order valence-corrected chi connectivity index (χ0v) is 17.8. The second kappa shape index (κ2) is 7.02. The summed E-state index contributed by atoms with van der Waals surface area (Å²) in [5.41, 5.74) is 1.38. The molecule has 4 rings (SSSR count). The lowest BCUT2D eigenvalue weighted by molar-refractivity contribution is -0.114. The third kappa shape index (κ3) is 2.84. The van der Waals surface area contributed by atoms with Crippen molar-refractivity contribution in [2.24, 2.45) is 34.5 Å². The molecule has 0 radical (unpaired) electrons. The van der Waals surface area contributed by atoms with Crippen LogP contribution in [0.3, 0.4) is 0 Å². The van der Waals surface area contributed by atoms with Gasteiger partial charge in [0.25, 0.3) is 0 Å². The van der Waals surface area contributed by atoms with Crippen LogP contribution in [-0.2, 0) is 4.74 Å². The van der Waals surface area contributed by atoms with Crippen molar-refractivity contribution in [1.29, 1.82) is 0 Å². The Balaban J connectivity index is 1.75. The summed E-state index contributed by atoms with van der Waals surface area (Å²) in [6.07, 6.45) is 7.23. The molecular weight excluding hydrogens is 354 g/mol. The Labute approximate surface area is 168 Å². The molecule has 0 aromatic rings. The second-order valence-electron chi connectivity index (χ2n) is 10.3. The Bertz CT molecular complexity index is 663. The average molecular weight is 392 g/mol. The predicted molar refractivity (Wildman–Crippen MR) is 108 cm³/mol. The van der Waals surface area contributed by atoms with E-state index in [1.54, 1.807) is 7.05 Å². The average Bonchev–Trinajstić information content (AvgIpc) is 3.00. The smallest absolute Gasteiger partial charge is 0.407 e. The van der Waals surface area contributed by atoms with Crippen LogP contribution in [0.25, 0.3) is 0 Å². The van der Waals surface area contributed by atoms with Gasteiger partial charge >= 0.3 is 6.09 Å². The summed E-state index contributed by atoms with van der Waals surface area (Å²) in [5, 5.41) is 23.4. The van der Waals surface area contributed by atoms with Crippen molar-refractivity contribution >= 4 is 6.09 Å². The molecule has 3 unspecified atom stereocenters. The van der Waals surface area contributed by atoms with E-state index in [0.29, 0.717) is 36.0 Å². The number of fused-ring (bicyclic) bond motifs is 5. The molecule has 0 aromatic heterocycles. The summed E-state index contributed by atoms with van der Waals surface area (Å²) in [6, 6.07) is 0. The van der Waals surface area contributed by atoms with E-state index in [0.717, 1.165) is 12.3 Å². The first-order chi connectivity index (χ1) is 13.2. The maximum Gasteiger partial charge on any atom is 0.407 e. The number of aliphatic hydroxyl groups excluding tert-OH is 2. The van der Waals surface area contributed by atoms with Crippen molar-refractivity contribution in [1.82, 2.24) is 5.32 Å². The SMILES string of the molecule is CC[C@H]1CC[C@H]2[C@@H]3C(OC(=O)NC)C=C4CC(O)C(O)C[C@]4(C)[C@H]3CC[C@]12C. The summed E-state index contributed by atoms with van der Waals surface area (Å²) in [7, 11) is 1.61. The summed E-state index contributed by atoms with van der Waals surface area (Å²) < 4.78 is 5.92. The van der Waals surface area contributed by atoms with Crippen molar-refractivity contribution in [3.63, 3.8) is 0 Å². The van der Waals surface area contributed by atoms with Gasteiger partial charge in [-0.2, -0.15) is 0 Å². The van der Waals surface area contributed by atoms with Gasteiger partial charge in [0.15, 0.2) is 0 Å². The van der Waals surface area contributed by atoms with Crippen LogP contribution >= 0.6 is 0 Å². The molecule has 28 heavy (non-hydrogen) atoms. The first kappa shape index (κ1) is 20.2. The number of nitrogens with one attached hydrogen (secondary N) is 1. The maximum absolute atomic E-state index is 12.2. The summed E-state index contributed by atoms with van der Waals surface area (Å²) in [6.45, 7) is 7.05. The number of rotatable bonds is 2. The van der Waals surface area contributed by atoms with E-state index in [1.165, 1.54) is 31.3 Å². The topological polar surface area (TPSA) is 78.8 Å². The molecule has 9 atom stereocenters. The lowest BCUT2D eigenvalue weighted by atomic mass is 9.46. The van der Waals surface area contributed by atoms with E-state index in [4.69, 9.17) is 4.74 Å². The van der Waals surface area contributed by atoms with E-state index in [2.05, 4.69) is 32.2 Å². The number of hydrogen-bond donors (Lipinski definition) is 3. The highest BCUT2D eigenvalue weighted by Gasteiger charge is 2.61. The molecular formula is C23H37NO4. The lowest BCUT2D eigenvalue weighted by Gasteiger charge is -2.59. The third-order valence-electron chi connectivity index (χ3n) is 9.27. The van der Waals surface area contributed by atoms with Crippen LogP contribution in [0.4, 0.5) is 4.79 Å². The molecule has 5 nitrogen and oxygen atoms in total. The molecule has 4 aliphatic rings. The zero-order chi connectivity index (χ0) is 20.3. The Morgan fingerprint density at radius 2 is 1.96 bits per heavy atom. The van der Waals surface area contributed by atoms with Crippen LogP contribution in [0, 0.1) is 34.5 Å². The summed E-state index contributed by atoms with van der Waals surface area (Å²) in [5.74, 6) is 1.97. The van der Waals surface area contributed by atoms with Crippen LogP contribution in [0.5, 0.6) is 0 Å². The van der Waals surface area contributed by atoms with Gasteiger partial charge in [0, 0.05) is 13.0 Å². The monoisotopic (exact) mass is 391 g/mol. The van der Waals surface area contributed by atoms with Gasteiger partial charge in [-0.05, 0) is 73.2 Å². The van der Waals surface area contributed by atoms with E-state index < -0.39 is 12.2 Å². The van der Waals surface area contributed by atoms with Crippen LogP contribution in [-0.4, -0.2) is 41.7 Å². The molecule has 4 aliphatic carbocycles. The minimum Gasteiger partial charge on any atom is -0.442 e. The molecule has 0 bridgehead atoms. The fourth-order valence-corrected chi connectivity index (χ4v) is 7.72.